The van der Waals surface area contributed by atoms with Gasteiger partial charge in [-0.2, -0.15) is 4.39 Å². The molecule has 0 amide bonds. The van der Waals surface area contributed by atoms with E-state index < -0.39 is 5.95 Å². The molecule has 1 aliphatic rings. The molecule has 82 valence electrons. The Morgan fingerprint density at radius 1 is 1.33 bits per heavy atom. The minimum absolute atomic E-state index is 0.00745. The van der Waals surface area contributed by atoms with Gasteiger partial charge in [-0.3, -0.25) is 0 Å². The second-order valence-corrected chi connectivity index (χ2v) is 3.95. The summed E-state index contributed by atoms with van der Waals surface area (Å²) in [6.07, 6.45) is 3.55. The van der Waals surface area contributed by atoms with Crippen LogP contribution in [0.3, 0.4) is 0 Å². The van der Waals surface area contributed by atoms with Crippen molar-refractivity contribution in [2.75, 3.05) is 5.32 Å². The molecule has 4 heteroatoms. The van der Waals surface area contributed by atoms with E-state index in [1.807, 2.05) is 0 Å². The SMILES string of the molecule is OC1CCCCC1Nc1cccc(F)n1. The zero-order valence-corrected chi connectivity index (χ0v) is 8.49. The lowest BCUT2D eigenvalue weighted by molar-refractivity contribution is 0.116. The fourth-order valence-electron chi connectivity index (χ4n) is 1.96. The summed E-state index contributed by atoms with van der Waals surface area (Å²) in [4.78, 5) is 3.71. The Hall–Kier alpha value is -1.16. The van der Waals surface area contributed by atoms with E-state index in [9.17, 15) is 9.50 Å². The van der Waals surface area contributed by atoms with Gasteiger partial charge in [-0.1, -0.05) is 18.9 Å². The topological polar surface area (TPSA) is 45.1 Å². The van der Waals surface area contributed by atoms with E-state index >= 15 is 0 Å². The zero-order chi connectivity index (χ0) is 10.7. The predicted octanol–water partition coefficient (Wildman–Crippen LogP) is 1.94. The van der Waals surface area contributed by atoms with Crippen LogP contribution in [-0.2, 0) is 0 Å². The van der Waals surface area contributed by atoms with E-state index in [1.54, 1.807) is 12.1 Å². The molecule has 1 aromatic rings. The molecule has 1 aliphatic carbocycles. The molecule has 3 nitrogen and oxygen atoms in total. The predicted molar refractivity (Wildman–Crippen MR) is 56.1 cm³/mol. The molecule has 0 radical (unpaired) electrons. The number of rotatable bonds is 2. The van der Waals surface area contributed by atoms with Crippen molar-refractivity contribution in [2.45, 2.75) is 37.8 Å². The van der Waals surface area contributed by atoms with Crippen molar-refractivity contribution in [3.05, 3.63) is 24.1 Å². The molecule has 15 heavy (non-hydrogen) atoms. The molecule has 1 aromatic heterocycles. The molecule has 1 fully saturated rings. The highest BCUT2D eigenvalue weighted by Gasteiger charge is 2.22. The average molecular weight is 210 g/mol. The summed E-state index contributed by atoms with van der Waals surface area (Å²) < 4.78 is 12.8. The quantitative estimate of drug-likeness (QED) is 0.733. The highest BCUT2D eigenvalue weighted by atomic mass is 19.1. The van der Waals surface area contributed by atoms with Crippen LogP contribution in [0.25, 0.3) is 0 Å². The van der Waals surface area contributed by atoms with Crippen LogP contribution in [-0.4, -0.2) is 22.2 Å². The molecular formula is C11H15FN2O. The fourth-order valence-corrected chi connectivity index (χ4v) is 1.96. The van der Waals surface area contributed by atoms with Gasteiger partial charge in [-0.05, 0) is 25.0 Å². The molecule has 2 unspecified atom stereocenters. The Bertz CT molecular complexity index is 332. The van der Waals surface area contributed by atoms with E-state index in [1.165, 1.54) is 6.07 Å². The first kappa shape index (κ1) is 10.4. The minimum atomic E-state index is -0.495. The lowest BCUT2D eigenvalue weighted by atomic mass is 9.92. The van der Waals surface area contributed by atoms with Crippen molar-refractivity contribution in [3.63, 3.8) is 0 Å². The van der Waals surface area contributed by atoms with E-state index in [0.717, 1.165) is 25.7 Å². The molecule has 1 saturated carbocycles. The minimum Gasteiger partial charge on any atom is -0.391 e. The van der Waals surface area contributed by atoms with Crippen LogP contribution < -0.4 is 5.32 Å². The van der Waals surface area contributed by atoms with Gasteiger partial charge in [0.25, 0.3) is 0 Å². The Balaban J connectivity index is 2.01. The van der Waals surface area contributed by atoms with Crippen LogP contribution in [0.5, 0.6) is 0 Å². The number of nitrogens with zero attached hydrogens (tertiary/aromatic N) is 1. The summed E-state index contributed by atoms with van der Waals surface area (Å²) in [7, 11) is 0. The molecule has 0 saturated heterocycles. The third kappa shape index (κ3) is 2.65. The number of pyridine rings is 1. The van der Waals surface area contributed by atoms with Crippen molar-refractivity contribution >= 4 is 5.82 Å². The maximum Gasteiger partial charge on any atom is 0.214 e. The van der Waals surface area contributed by atoms with Crippen molar-refractivity contribution in [1.82, 2.24) is 4.98 Å². The lowest BCUT2D eigenvalue weighted by Gasteiger charge is -2.28. The maximum atomic E-state index is 12.8. The number of hydrogen-bond donors (Lipinski definition) is 2. The van der Waals surface area contributed by atoms with Crippen molar-refractivity contribution in [2.24, 2.45) is 0 Å². The van der Waals surface area contributed by atoms with E-state index in [0.29, 0.717) is 5.82 Å². The molecule has 0 spiro atoms. The Morgan fingerprint density at radius 2 is 2.13 bits per heavy atom. The smallest absolute Gasteiger partial charge is 0.214 e. The molecule has 2 atom stereocenters. The normalized spacial score (nSPS) is 26.3. The second-order valence-electron chi connectivity index (χ2n) is 3.95. The number of anilines is 1. The first-order valence-electron chi connectivity index (χ1n) is 5.33. The molecule has 2 N–H and O–H groups in total. The number of nitrogens with one attached hydrogen (secondary N) is 1. The van der Waals surface area contributed by atoms with E-state index in [4.69, 9.17) is 0 Å². The highest BCUT2D eigenvalue weighted by molar-refractivity contribution is 5.35. The summed E-state index contributed by atoms with van der Waals surface area (Å²) in [6, 6.07) is 4.64. The largest absolute Gasteiger partial charge is 0.391 e. The van der Waals surface area contributed by atoms with Crippen LogP contribution in [0.1, 0.15) is 25.7 Å². The standard InChI is InChI=1S/C11H15FN2O/c12-10-6-3-7-11(14-10)13-8-4-1-2-5-9(8)15/h3,6-9,15H,1-2,4-5H2,(H,13,14). The third-order valence-corrected chi connectivity index (χ3v) is 2.78. The zero-order valence-electron chi connectivity index (χ0n) is 8.49. The van der Waals surface area contributed by atoms with Crippen LogP contribution in [0, 0.1) is 5.95 Å². The summed E-state index contributed by atoms with van der Waals surface area (Å²) >= 11 is 0. The molecule has 0 aromatic carbocycles. The Labute approximate surface area is 88.3 Å². The number of hydrogen-bond acceptors (Lipinski definition) is 3. The van der Waals surface area contributed by atoms with E-state index in [2.05, 4.69) is 10.3 Å². The first-order chi connectivity index (χ1) is 7.25. The first-order valence-corrected chi connectivity index (χ1v) is 5.33. The molecule has 0 bridgehead atoms. The van der Waals surface area contributed by atoms with E-state index in [-0.39, 0.29) is 12.1 Å². The number of aliphatic hydroxyl groups excluding tert-OH is 1. The van der Waals surface area contributed by atoms with Crippen molar-refractivity contribution in [1.29, 1.82) is 0 Å². The van der Waals surface area contributed by atoms with Gasteiger partial charge < -0.3 is 10.4 Å². The summed E-state index contributed by atoms with van der Waals surface area (Å²) in [5.74, 6) is 0.00579. The maximum absolute atomic E-state index is 12.8. The summed E-state index contributed by atoms with van der Waals surface area (Å²) in [6.45, 7) is 0. The molecule has 0 aliphatic heterocycles. The van der Waals surface area contributed by atoms with Gasteiger partial charge in [-0.25, -0.2) is 4.98 Å². The van der Waals surface area contributed by atoms with Crippen molar-refractivity contribution < 1.29 is 9.50 Å². The van der Waals surface area contributed by atoms with Gasteiger partial charge in [0.05, 0.1) is 12.1 Å². The van der Waals surface area contributed by atoms with Gasteiger partial charge in [0, 0.05) is 0 Å². The van der Waals surface area contributed by atoms with Crippen LogP contribution in [0.4, 0.5) is 10.2 Å². The molecule has 1 heterocycles. The van der Waals surface area contributed by atoms with Crippen LogP contribution in [0.2, 0.25) is 0 Å². The average Bonchev–Trinajstić information content (AvgIpc) is 2.22. The number of aliphatic hydroxyl groups is 1. The van der Waals surface area contributed by atoms with Crippen LogP contribution >= 0.6 is 0 Å². The molecular weight excluding hydrogens is 195 g/mol. The Morgan fingerprint density at radius 3 is 2.87 bits per heavy atom. The fraction of sp³-hybridized carbons (Fsp3) is 0.545. The third-order valence-electron chi connectivity index (χ3n) is 2.78. The second kappa shape index (κ2) is 4.57. The number of halogens is 1. The summed E-state index contributed by atoms with van der Waals surface area (Å²) in [5, 5.41) is 12.8. The van der Waals surface area contributed by atoms with Gasteiger partial charge in [-0.15, -0.1) is 0 Å². The van der Waals surface area contributed by atoms with Gasteiger partial charge in [0.2, 0.25) is 5.95 Å². The highest BCUT2D eigenvalue weighted by Crippen LogP contribution is 2.21. The van der Waals surface area contributed by atoms with Crippen LogP contribution in [0.15, 0.2) is 18.2 Å². The number of aromatic nitrogens is 1. The summed E-state index contributed by atoms with van der Waals surface area (Å²) in [5.41, 5.74) is 0. The Kier molecular flexibility index (Phi) is 3.16. The lowest BCUT2D eigenvalue weighted by Crippen LogP contribution is -2.36. The van der Waals surface area contributed by atoms with Gasteiger partial charge in [0.15, 0.2) is 0 Å². The van der Waals surface area contributed by atoms with Gasteiger partial charge >= 0.3 is 0 Å². The van der Waals surface area contributed by atoms with Gasteiger partial charge in [0.1, 0.15) is 5.82 Å². The monoisotopic (exact) mass is 210 g/mol. The van der Waals surface area contributed by atoms with Crippen molar-refractivity contribution in [3.8, 4) is 0 Å². The molecule has 2 rings (SSSR count).